The summed E-state index contributed by atoms with van der Waals surface area (Å²) in [5, 5.41) is 9.17. The summed E-state index contributed by atoms with van der Waals surface area (Å²) in [7, 11) is 0. The summed E-state index contributed by atoms with van der Waals surface area (Å²) in [5.74, 6) is -0.268. The van der Waals surface area contributed by atoms with E-state index in [1.165, 1.54) is 6.07 Å². The predicted octanol–water partition coefficient (Wildman–Crippen LogP) is 2.82. The Kier molecular flexibility index (Phi) is 3.45. The first kappa shape index (κ1) is 10.7. The molecule has 13 heavy (non-hydrogen) atoms. The average Bonchev–Trinajstić information content (AvgIpc) is 1.98. The number of aliphatic hydroxyl groups excluding tert-OH is 1. The molecule has 0 aliphatic heterocycles. The SMILES string of the molecule is Cc1cc(F)c(Br)c(CC(C)O)c1. The number of hydrogen-bond donors (Lipinski definition) is 1. The molecule has 72 valence electrons. The molecular weight excluding hydrogens is 235 g/mol. The molecule has 0 aromatic heterocycles. The zero-order valence-electron chi connectivity index (χ0n) is 7.64. The zero-order valence-corrected chi connectivity index (χ0v) is 9.23. The Hall–Kier alpha value is -0.410. The Balaban J connectivity index is 3.05. The fourth-order valence-electron chi connectivity index (χ4n) is 1.26. The molecule has 1 rings (SSSR count). The molecular formula is C10H12BrFO. The molecule has 1 aromatic rings. The molecule has 0 fully saturated rings. The van der Waals surface area contributed by atoms with Crippen molar-refractivity contribution in [1.29, 1.82) is 0 Å². The van der Waals surface area contributed by atoms with Crippen molar-refractivity contribution in [3.05, 3.63) is 33.5 Å². The fourth-order valence-corrected chi connectivity index (χ4v) is 1.65. The lowest BCUT2D eigenvalue weighted by atomic mass is 10.1. The minimum absolute atomic E-state index is 0.268. The van der Waals surface area contributed by atoms with Crippen LogP contribution in [0.15, 0.2) is 16.6 Å². The molecule has 3 heteroatoms. The van der Waals surface area contributed by atoms with E-state index in [0.717, 1.165) is 11.1 Å². The van der Waals surface area contributed by atoms with Crippen LogP contribution in [-0.4, -0.2) is 11.2 Å². The fraction of sp³-hybridized carbons (Fsp3) is 0.400. The normalized spacial score (nSPS) is 13.0. The van der Waals surface area contributed by atoms with Gasteiger partial charge in [-0.25, -0.2) is 4.39 Å². The van der Waals surface area contributed by atoms with E-state index in [0.29, 0.717) is 10.9 Å². The van der Waals surface area contributed by atoms with Crippen molar-refractivity contribution in [1.82, 2.24) is 0 Å². The minimum Gasteiger partial charge on any atom is -0.393 e. The van der Waals surface area contributed by atoms with Crippen LogP contribution in [0, 0.1) is 12.7 Å². The second kappa shape index (κ2) is 4.20. The molecule has 1 unspecified atom stereocenters. The quantitative estimate of drug-likeness (QED) is 0.851. The number of aliphatic hydroxyl groups is 1. The lowest BCUT2D eigenvalue weighted by Gasteiger charge is -2.08. The molecule has 0 aliphatic rings. The maximum absolute atomic E-state index is 13.2. The maximum atomic E-state index is 13.2. The summed E-state index contributed by atoms with van der Waals surface area (Å²) in [4.78, 5) is 0. The Bertz CT molecular complexity index is 310. The summed E-state index contributed by atoms with van der Waals surface area (Å²) >= 11 is 3.16. The highest BCUT2D eigenvalue weighted by Crippen LogP contribution is 2.23. The third kappa shape index (κ3) is 2.78. The Morgan fingerprint density at radius 2 is 2.15 bits per heavy atom. The number of rotatable bonds is 2. The Morgan fingerprint density at radius 1 is 1.54 bits per heavy atom. The van der Waals surface area contributed by atoms with Gasteiger partial charge in [-0.15, -0.1) is 0 Å². The third-order valence-electron chi connectivity index (χ3n) is 1.76. The van der Waals surface area contributed by atoms with Gasteiger partial charge < -0.3 is 5.11 Å². The van der Waals surface area contributed by atoms with Gasteiger partial charge in [0.25, 0.3) is 0 Å². The predicted molar refractivity (Wildman–Crippen MR) is 54.2 cm³/mol. The van der Waals surface area contributed by atoms with E-state index >= 15 is 0 Å². The summed E-state index contributed by atoms with van der Waals surface area (Å²) in [6, 6.07) is 3.34. The van der Waals surface area contributed by atoms with E-state index < -0.39 is 6.10 Å². The van der Waals surface area contributed by atoms with Gasteiger partial charge >= 0.3 is 0 Å². The standard InChI is InChI=1S/C10H12BrFO/c1-6-3-8(5-7(2)13)10(11)9(12)4-6/h3-4,7,13H,5H2,1-2H3. The number of halogens is 2. The van der Waals surface area contributed by atoms with Gasteiger partial charge in [-0.05, 0) is 53.4 Å². The van der Waals surface area contributed by atoms with Crippen molar-refractivity contribution in [2.75, 3.05) is 0 Å². The molecule has 1 N–H and O–H groups in total. The number of benzene rings is 1. The monoisotopic (exact) mass is 246 g/mol. The average molecular weight is 247 g/mol. The smallest absolute Gasteiger partial charge is 0.137 e. The number of aryl methyl sites for hydroxylation is 1. The van der Waals surface area contributed by atoms with Crippen molar-refractivity contribution in [2.24, 2.45) is 0 Å². The summed E-state index contributed by atoms with van der Waals surface area (Å²) in [6.07, 6.45) is 0.0247. The van der Waals surface area contributed by atoms with E-state index in [1.54, 1.807) is 6.92 Å². The van der Waals surface area contributed by atoms with E-state index in [1.807, 2.05) is 13.0 Å². The summed E-state index contributed by atoms with van der Waals surface area (Å²) in [6.45, 7) is 3.52. The molecule has 1 nitrogen and oxygen atoms in total. The van der Waals surface area contributed by atoms with Crippen LogP contribution in [-0.2, 0) is 6.42 Å². The highest BCUT2D eigenvalue weighted by atomic mass is 79.9. The lowest BCUT2D eigenvalue weighted by molar-refractivity contribution is 0.195. The zero-order chi connectivity index (χ0) is 10.0. The first-order valence-electron chi connectivity index (χ1n) is 4.13. The molecule has 0 bridgehead atoms. The molecule has 0 radical (unpaired) electrons. The first-order valence-corrected chi connectivity index (χ1v) is 4.92. The van der Waals surface area contributed by atoms with Gasteiger partial charge in [-0.1, -0.05) is 6.07 Å². The molecule has 1 aromatic carbocycles. The van der Waals surface area contributed by atoms with Crippen LogP contribution in [0.25, 0.3) is 0 Å². The van der Waals surface area contributed by atoms with Crippen LogP contribution < -0.4 is 0 Å². The van der Waals surface area contributed by atoms with Crippen molar-refractivity contribution in [3.63, 3.8) is 0 Å². The molecule has 0 saturated carbocycles. The van der Waals surface area contributed by atoms with Gasteiger partial charge in [0, 0.05) is 0 Å². The van der Waals surface area contributed by atoms with E-state index in [-0.39, 0.29) is 5.82 Å². The molecule has 0 heterocycles. The van der Waals surface area contributed by atoms with Gasteiger partial charge in [-0.3, -0.25) is 0 Å². The first-order chi connectivity index (χ1) is 6.00. The lowest BCUT2D eigenvalue weighted by Crippen LogP contribution is -2.05. The molecule has 0 saturated heterocycles. The van der Waals surface area contributed by atoms with Gasteiger partial charge in [-0.2, -0.15) is 0 Å². The van der Waals surface area contributed by atoms with E-state index in [2.05, 4.69) is 15.9 Å². The van der Waals surface area contributed by atoms with Crippen molar-refractivity contribution in [3.8, 4) is 0 Å². The van der Waals surface area contributed by atoms with Crippen LogP contribution in [0.5, 0.6) is 0 Å². The highest BCUT2D eigenvalue weighted by Gasteiger charge is 2.08. The van der Waals surface area contributed by atoms with Gasteiger partial charge in [0.15, 0.2) is 0 Å². The van der Waals surface area contributed by atoms with Crippen LogP contribution in [0.3, 0.4) is 0 Å². The third-order valence-corrected chi connectivity index (χ3v) is 2.65. The van der Waals surface area contributed by atoms with Crippen molar-refractivity contribution >= 4 is 15.9 Å². The second-order valence-corrected chi connectivity index (χ2v) is 4.07. The van der Waals surface area contributed by atoms with Gasteiger partial charge in [0.05, 0.1) is 10.6 Å². The molecule has 0 aliphatic carbocycles. The molecule has 0 amide bonds. The van der Waals surface area contributed by atoms with E-state index in [4.69, 9.17) is 5.11 Å². The second-order valence-electron chi connectivity index (χ2n) is 3.27. The highest BCUT2D eigenvalue weighted by molar-refractivity contribution is 9.10. The van der Waals surface area contributed by atoms with E-state index in [9.17, 15) is 4.39 Å². The maximum Gasteiger partial charge on any atom is 0.137 e. The molecule has 1 atom stereocenters. The summed E-state index contributed by atoms with van der Waals surface area (Å²) < 4.78 is 13.6. The van der Waals surface area contributed by atoms with Crippen LogP contribution in [0.4, 0.5) is 4.39 Å². The van der Waals surface area contributed by atoms with Crippen molar-refractivity contribution < 1.29 is 9.50 Å². The summed E-state index contributed by atoms with van der Waals surface area (Å²) in [5.41, 5.74) is 1.68. The Labute approximate surface area is 85.7 Å². The topological polar surface area (TPSA) is 20.2 Å². The van der Waals surface area contributed by atoms with Crippen LogP contribution in [0.2, 0.25) is 0 Å². The Morgan fingerprint density at radius 3 is 2.69 bits per heavy atom. The van der Waals surface area contributed by atoms with Gasteiger partial charge in [0.1, 0.15) is 5.82 Å². The molecule has 0 spiro atoms. The van der Waals surface area contributed by atoms with Crippen LogP contribution in [0.1, 0.15) is 18.1 Å². The van der Waals surface area contributed by atoms with Gasteiger partial charge in [0.2, 0.25) is 0 Å². The number of hydrogen-bond acceptors (Lipinski definition) is 1. The minimum atomic E-state index is -0.447. The van der Waals surface area contributed by atoms with Crippen molar-refractivity contribution in [2.45, 2.75) is 26.4 Å². The largest absolute Gasteiger partial charge is 0.393 e. The van der Waals surface area contributed by atoms with Crippen LogP contribution >= 0.6 is 15.9 Å².